The summed E-state index contributed by atoms with van der Waals surface area (Å²) in [6, 6.07) is 14.7. The maximum Gasteiger partial charge on any atom is 0.407 e. The third-order valence-electron chi connectivity index (χ3n) is 4.40. The van der Waals surface area contributed by atoms with E-state index in [1.54, 1.807) is 24.0 Å². The van der Waals surface area contributed by atoms with E-state index in [4.69, 9.17) is 4.74 Å². The first-order chi connectivity index (χ1) is 12.6. The lowest BCUT2D eigenvalue weighted by Crippen LogP contribution is -2.29. The van der Waals surface area contributed by atoms with Crippen LogP contribution in [0.25, 0.3) is 0 Å². The van der Waals surface area contributed by atoms with Crippen molar-refractivity contribution in [3.8, 4) is 0 Å². The maximum absolute atomic E-state index is 12.8. The molecule has 6 nitrogen and oxygen atoms in total. The molecule has 2 aromatic rings. The molecule has 0 aromatic heterocycles. The van der Waals surface area contributed by atoms with Gasteiger partial charge >= 0.3 is 6.09 Å². The predicted octanol–water partition coefficient (Wildman–Crippen LogP) is 2.67. The lowest BCUT2D eigenvalue weighted by molar-refractivity contribution is 0.0989. The Labute approximate surface area is 152 Å². The molecule has 1 aliphatic heterocycles. The van der Waals surface area contributed by atoms with E-state index in [0.29, 0.717) is 18.5 Å². The van der Waals surface area contributed by atoms with Crippen molar-refractivity contribution >= 4 is 17.7 Å². The minimum atomic E-state index is -0.860. The molecule has 0 fully saturated rings. The fourth-order valence-corrected chi connectivity index (χ4v) is 3.19. The van der Waals surface area contributed by atoms with E-state index in [-0.39, 0.29) is 19.1 Å². The maximum atomic E-state index is 12.8. The van der Waals surface area contributed by atoms with Crippen molar-refractivity contribution in [1.82, 2.24) is 5.32 Å². The summed E-state index contributed by atoms with van der Waals surface area (Å²) in [6.45, 7) is 2.62. The van der Waals surface area contributed by atoms with Gasteiger partial charge in [-0.15, -0.1) is 0 Å². The first-order valence-corrected chi connectivity index (χ1v) is 8.69. The normalized spacial score (nSPS) is 13.8. The quantitative estimate of drug-likeness (QED) is 0.865. The van der Waals surface area contributed by atoms with Crippen LogP contribution in [0.1, 0.15) is 34.5 Å². The molecular formula is C20H22N2O4. The van der Waals surface area contributed by atoms with Gasteiger partial charge in [0.15, 0.2) is 0 Å². The van der Waals surface area contributed by atoms with Gasteiger partial charge in [0.25, 0.3) is 5.91 Å². The van der Waals surface area contributed by atoms with E-state index < -0.39 is 12.2 Å². The SMILES string of the molecule is CCOC(=O)NCC(O)c1cccc2c1CCN2C(=O)c1ccccc1. The highest BCUT2D eigenvalue weighted by Gasteiger charge is 2.28. The fraction of sp³-hybridized carbons (Fsp3) is 0.300. The van der Waals surface area contributed by atoms with Crippen LogP contribution in [0.3, 0.4) is 0 Å². The second-order valence-corrected chi connectivity index (χ2v) is 6.03. The number of carbonyl (C=O) groups excluding carboxylic acids is 2. The number of anilines is 1. The minimum Gasteiger partial charge on any atom is -0.450 e. The lowest BCUT2D eigenvalue weighted by atomic mass is 10.00. The summed E-state index contributed by atoms with van der Waals surface area (Å²) >= 11 is 0. The Morgan fingerprint density at radius 3 is 2.69 bits per heavy atom. The van der Waals surface area contributed by atoms with E-state index in [1.165, 1.54) is 0 Å². The smallest absolute Gasteiger partial charge is 0.407 e. The molecule has 1 unspecified atom stereocenters. The Morgan fingerprint density at radius 1 is 1.19 bits per heavy atom. The standard InChI is InChI=1S/C20H22N2O4/c1-2-26-20(25)21-13-18(23)16-9-6-10-17-15(16)11-12-22(17)19(24)14-7-4-3-5-8-14/h3-10,18,23H,2,11-13H2,1H3,(H,21,25). The van der Waals surface area contributed by atoms with Crippen LogP contribution in [0.5, 0.6) is 0 Å². The Bertz CT molecular complexity index is 792. The number of amides is 2. The number of hydrogen-bond donors (Lipinski definition) is 2. The molecular weight excluding hydrogens is 332 g/mol. The molecule has 136 valence electrons. The second kappa shape index (κ2) is 8.01. The third kappa shape index (κ3) is 3.70. The summed E-state index contributed by atoms with van der Waals surface area (Å²) in [5.41, 5.74) is 3.11. The van der Waals surface area contributed by atoms with Crippen LogP contribution in [0.2, 0.25) is 0 Å². The Balaban J connectivity index is 1.77. The first kappa shape index (κ1) is 17.9. The molecule has 0 spiro atoms. The van der Waals surface area contributed by atoms with E-state index >= 15 is 0 Å². The van der Waals surface area contributed by atoms with Crippen LogP contribution in [0.15, 0.2) is 48.5 Å². The molecule has 1 heterocycles. The Kier molecular flexibility index (Phi) is 5.53. The third-order valence-corrected chi connectivity index (χ3v) is 4.40. The lowest BCUT2D eigenvalue weighted by Gasteiger charge is -2.19. The number of hydrogen-bond acceptors (Lipinski definition) is 4. The van der Waals surface area contributed by atoms with Crippen LogP contribution >= 0.6 is 0 Å². The van der Waals surface area contributed by atoms with Gasteiger partial charge in [-0.05, 0) is 42.7 Å². The summed E-state index contributed by atoms with van der Waals surface area (Å²) < 4.78 is 4.80. The van der Waals surface area contributed by atoms with Crippen molar-refractivity contribution in [2.24, 2.45) is 0 Å². The Hall–Kier alpha value is -2.86. The van der Waals surface area contributed by atoms with E-state index in [0.717, 1.165) is 16.8 Å². The van der Waals surface area contributed by atoms with Gasteiger partial charge in [-0.3, -0.25) is 4.79 Å². The topological polar surface area (TPSA) is 78.9 Å². The molecule has 0 radical (unpaired) electrons. The molecule has 1 aliphatic rings. The molecule has 0 saturated carbocycles. The van der Waals surface area contributed by atoms with Gasteiger partial charge in [-0.1, -0.05) is 30.3 Å². The largest absolute Gasteiger partial charge is 0.450 e. The highest BCUT2D eigenvalue weighted by Crippen LogP contribution is 2.34. The molecule has 0 bridgehead atoms. The zero-order chi connectivity index (χ0) is 18.5. The summed E-state index contributed by atoms with van der Waals surface area (Å²) in [5.74, 6) is -0.0550. The average Bonchev–Trinajstić information content (AvgIpc) is 3.10. The van der Waals surface area contributed by atoms with Gasteiger partial charge in [-0.2, -0.15) is 0 Å². The molecule has 6 heteroatoms. The van der Waals surface area contributed by atoms with Gasteiger partial charge in [0.2, 0.25) is 0 Å². The minimum absolute atomic E-state index is 0.0550. The van der Waals surface area contributed by atoms with Crippen LogP contribution in [-0.2, 0) is 11.2 Å². The van der Waals surface area contributed by atoms with Gasteiger partial charge in [0.05, 0.1) is 19.3 Å². The van der Waals surface area contributed by atoms with Gasteiger partial charge in [-0.25, -0.2) is 4.79 Å². The number of aliphatic hydroxyl groups excluding tert-OH is 1. The zero-order valence-corrected chi connectivity index (χ0v) is 14.6. The molecule has 0 aliphatic carbocycles. The summed E-state index contributed by atoms with van der Waals surface area (Å²) in [4.78, 5) is 25.9. The van der Waals surface area contributed by atoms with Crippen molar-refractivity contribution in [3.63, 3.8) is 0 Å². The first-order valence-electron chi connectivity index (χ1n) is 8.69. The number of carbonyl (C=O) groups is 2. The molecule has 3 rings (SSSR count). The molecule has 26 heavy (non-hydrogen) atoms. The number of alkyl carbamates (subject to hydrolysis) is 1. The van der Waals surface area contributed by atoms with Gasteiger partial charge < -0.3 is 20.1 Å². The van der Waals surface area contributed by atoms with Gasteiger partial charge in [0.1, 0.15) is 0 Å². The number of aliphatic hydroxyl groups is 1. The molecule has 2 amide bonds. The number of nitrogens with one attached hydrogen (secondary N) is 1. The van der Waals surface area contributed by atoms with Crippen LogP contribution in [0.4, 0.5) is 10.5 Å². The molecule has 1 atom stereocenters. The van der Waals surface area contributed by atoms with Gasteiger partial charge in [0, 0.05) is 17.8 Å². The molecule has 2 N–H and O–H groups in total. The summed E-state index contributed by atoms with van der Waals surface area (Å²) in [5, 5.41) is 13.0. The van der Waals surface area contributed by atoms with E-state index in [1.807, 2.05) is 36.4 Å². The van der Waals surface area contributed by atoms with Crippen LogP contribution in [-0.4, -0.2) is 36.8 Å². The number of fused-ring (bicyclic) bond motifs is 1. The van der Waals surface area contributed by atoms with Crippen molar-refractivity contribution in [1.29, 1.82) is 0 Å². The van der Waals surface area contributed by atoms with Crippen molar-refractivity contribution in [3.05, 3.63) is 65.2 Å². The van der Waals surface area contributed by atoms with E-state index in [9.17, 15) is 14.7 Å². The number of ether oxygens (including phenoxy) is 1. The molecule has 2 aromatic carbocycles. The summed E-state index contributed by atoms with van der Waals surface area (Å²) in [6.07, 6.45) is -0.748. The molecule has 0 saturated heterocycles. The summed E-state index contributed by atoms with van der Waals surface area (Å²) in [7, 11) is 0. The van der Waals surface area contributed by atoms with Crippen molar-refractivity contribution in [2.75, 3.05) is 24.6 Å². The fourth-order valence-electron chi connectivity index (χ4n) is 3.19. The highest BCUT2D eigenvalue weighted by atomic mass is 16.5. The number of benzene rings is 2. The van der Waals surface area contributed by atoms with Crippen LogP contribution < -0.4 is 10.2 Å². The van der Waals surface area contributed by atoms with Crippen molar-refractivity contribution < 1.29 is 19.4 Å². The Morgan fingerprint density at radius 2 is 1.96 bits per heavy atom. The predicted molar refractivity (Wildman–Crippen MR) is 98.2 cm³/mol. The highest BCUT2D eigenvalue weighted by molar-refractivity contribution is 6.07. The number of nitrogens with zero attached hydrogens (tertiary/aromatic N) is 1. The van der Waals surface area contributed by atoms with Crippen LogP contribution in [0, 0.1) is 0 Å². The monoisotopic (exact) mass is 354 g/mol. The van der Waals surface area contributed by atoms with E-state index in [2.05, 4.69) is 5.32 Å². The number of rotatable bonds is 5. The van der Waals surface area contributed by atoms with Crippen molar-refractivity contribution in [2.45, 2.75) is 19.4 Å². The zero-order valence-electron chi connectivity index (χ0n) is 14.6. The second-order valence-electron chi connectivity index (χ2n) is 6.03. The average molecular weight is 354 g/mol.